The molecule has 0 unspecified atom stereocenters. The number of amides is 17. The molecule has 0 bridgehead atoms. The first-order valence-corrected chi connectivity index (χ1v) is 38.8. The Labute approximate surface area is 695 Å². The van der Waals surface area contributed by atoms with Crippen LogP contribution < -0.4 is 109 Å². The summed E-state index contributed by atoms with van der Waals surface area (Å²) in [6, 6.07) is -10.2. The van der Waals surface area contributed by atoms with Crippen molar-refractivity contribution in [3.8, 4) is 5.75 Å². The molecule has 121 heavy (non-hydrogen) atoms. The quantitative estimate of drug-likeness (QED) is 0.0233. The normalized spacial score (nSPS) is 14.8. The number of aliphatic hydroxyl groups is 2. The van der Waals surface area contributed by atoms with Crippen molar-refractivity contribution in [3.05, 3.63) is 83.9 Å². The number of carbonyl (C=O) groups excluding carboxylic acids is 17. The Bertz CT molecular complexity index is 4030. The van der Waals surface area contributed by atoms with Gasteiger partial charge in [-0.15, -0.1) is 0 Å². The van der Waals surface area contributed by atoms with E-state index in [1.165, 1.54) is 51.2 Å². The Morgan fingerprint density at radius 3 is 1.26 bits per heavy atom. The maximum Gasteiger partial charge on any atom is 0.326 e. The van der Waals surface area contributed by atoms with Crippen LogP contribution in [0.3, 0.4) is 0 Å². The highest BCUT2D eigenvalue weighted by molar-refractivity contribution is 6.02. The van der Waals surface area contributed by atoms with E-state index in [0.717, 1.165) is 6.33 Å². The molecule has 15 atom stereocenters. The van der Waals surface area contributed by atoms with E-state index in [1.807, 2.05) is 0 Å². The maximum absolute atomic E-state index is 14.5. The molecule has 46 heteroatoms. The van der Waals surface area contributed by atoms with Crippen molar-refractivity contribution in [3.63, 3.8) is 0 Å². The van der Waals surface area contributed by atoms with Gasteiger partial charge in [0.25, 0.3) is 0 Å². The number of hydrogen-bond acceptors (Lipinski definition) is 26. The van der Waals surface area contributed by atoms with E-state index in [1.54, 1.807) is 44.2 Å². The summed E-state index contributed by atoms with van der Waals surface area (Å²) >= 11 is 0. The molecule has 3 aromatic rings. The van der Waals surface area contributed by atoms with Crippen LogP contribution in [0.5, 0.6) is 5.75 Å². The fraction of sp³-hybridized carbons (Fsp3) is 0.547. The number of phenols is 1. The van der Waals surface area contributed by atoms with Crippen LogP contribution in [0.1, 0.15) is 128 Å². The van der Waals surface area contributed by atoms with E-state index in [0.29, 0.717) is 24.0 Å². The Hall–Kier alpha value is -12.8. The molecule has 0 aliphatic rings. The number of imidazole rings is 1. The van der Waals surface area contributed by atoms with Gasteiger partial charge in [0, 0.05) is 31.9 Å². The van der Waals surface area contributed by atoms with Crippen molar-refractivity contribution < 1.29 is 117 Å². The molecule has 0 radical (unpaired) electrons. The summed E-state index contributed by atoms with van der Waals surface area (Å²) < 4.78 is 0. The number of primary amides is 3. The van der Waals surface area contributed by atoms with E-state index in [2.05, 4.69) is 84.4 Å². The van der Waals surface area contributed by atoms with Crippen molar-refractivity contribution in [1.82, 2.24) is 84.4 Å². The lowest BCUT2D eigenvalue weighted by Crippen LogP contribution is -2.62. The van der Waals surface area contributed by atoms with Gasteiger partial charge in [-0.1, -0.05) is 76.6 Å². The number of aliphatic carboxylic acids is 2. The van der Waals surface area contributed by atoms with Gasteiger partial charge in [-0.25, -0.2) is 9.78 Å². The number of aliphatic hydroxyl groups excluding tert-OH is 2. The molecular weight excluding hydrogens is 1590 g/mol. The van der Waals surface area contributed by atoms with Crippen LogP contribution in [0.25, 0.3) is 0 Å². The number of nitrogens with one attached hydrogen (secondary N) is 15. The van der Waals surface area contributed by atoms with E-state index in [-0.39, 0.29) is 69.5 Å². The smallest absolute Gasteiger partial charge is 0.326 e. The standard InChI is InChI=1S/C75H114N22O24/c1-6-38(4)61(75(120)121)97-72(117)48(27-41-18-20-43(100)21-19-41)86-58(104)33-83-62(107)39(5)85-64(109)45(16-10-12-24-76)87-67(112)49(26-40-14-8-7-9-15-40)90-70(115)51(29-55(79)101)93-73(118)54(35-99)95-71(116)52(30-56(80)102)92-68(113)50(28-42-32-82-36-84-42)91-66(111)47(22-23-59(105)106)89-65(110)46(17-11-13-25-77)88-69(114)53(31-57(81)103)94-74(119)60(37(2)3)96-63(108)44(78)34-98/h7-9,14-15,18-21,32,36-39,44-54,60-61,98-100H,6,10-13,16-17,22-31,33-35,76-78H2,1-5H3,(H2,79,101)(H2,80,102)(H2,81,103)(H,82,84)(H,83,107)(H,85,109)(H,86,104)(H,87,112)(H,88,114)(H,89,110)(H,90,115)(H,91,111)(H,92,113)(H,93,118)(H,94,119)(H,95,116)(H,96,108)(H,97,117)(H,105,106)(H,120,121)/t38-,39-,44-,45-,46-,47-,48-,49-,50-,51-,52-,53-,54-,60-,61-/m0/s1. The number of rotatable bonds is 57. The van der Waals surface area contributed by atoms with Crippen molar-refractivity contribution >= 4 is 112 Å². The summed E-state index contributed by atoms with van der Waals surface area (Å²) in [5.41, 5.74) is 34.5. The van der Waals surface area contributed by atoms with Crippen LogP contribution in [0.15, 0.2) is 67.1 Å². The van der Waals surface area contributed by atoms with Crippen LogP contribution in [0.4, 0.5) is 0 Å². The highest BCUT2D eigenvalue weighted by atomic mass is 16.4. The number of benzene rings is 2. The van der Waals surface area contributed by atoms with E-state index < -0.39 is 267 Å². The summed E-state index contributed by atoms with van der Waals surface area (Å²) in [7, 11) is 0. The lowest BCUT2D eigenvalue weighted by Gasteiger charge is -2.28. The number of nitrogens with zero attached hydrogens (tertiary/aromatic N) is 1. The average molecular weight is 1710 g/mol. The highest BCUT2D eigenvalue weighted by Gasteiger charge is 2.39. The van der Waals surface area contributed by atoms with Gasteiger partial charge in [-0.05, 0) is 100 Å². The molecule has 46 nitrogen and oxygen atoms in total. The Balaban J connectivity index is 1.91. The van der Waals surface area contributed by atoms with Crippen molar-refractivity contribution in [1.29, 1.82) is 0 Å². The summed E-state index contributed by atoms with van der Waals surface area (Å²) in [5.74, 6) is -23.6. The molecular formula is C75H114N22O24. The van der Waals surface area contributed by atoms with Crippen molar-refractivity contribution in [2.75, 3.05) is 32.8 Å². The molecule has 2 aromatic carbocycles. The predicted octanol–water partition coefficient (Wildman–Crippen LogP) is -9.57. The first-order valence-electron chi connectivity index (χ1n) is 38.8. The van der Waals surface area contributed by atoms with E-state index in [4.69, 9.17) is 34.4 Å². The largest absolute Gasteiger partial charge is 0.508 e. The van der Waals surface area contributed by atoms with E-state index >= 15 is 0 Å². The van der Waals surface area contributed by atoms with Crippen molar-refractivity contribution in [2.24, 2.45) is 46.2 Å². The van der Waals surface area contributed by atoms with Gasteiger partial charge in [0.2, 0.25) is 100 Å². The van der Waals surface area contributed by atoms with Crippen LogP contribution >= 0.6 is 0 Å². The number of nitrogens with two attached hydrogens (primary N) is 6. The predicted molar refractivity (Wildman–Crippen MR) is 426 cm³/mol. The average Bonchev–Trinajstić information content (AvgIpc) is 1.65. The molecule has 1 heterocycles. The Morgan fingerprint density at radius 1 is 0.430 bits per heavy atom. The number of H-pyrrole nitrogens is 1. The lowest BCUT2D eigenvalue weighted by molar-refractivity contribution is -0.144. The molecule has 0 fully saturated rings. The number of aromatic hydroxyl groups is 1. The van der Waals surface area contributed by atoms with Crippen LogP contribution in [-0.4, -0.2) is 265 Å². The lowest BCUT2D eigenvalue weighted by atomic mass is 9.98. The van der Waals surface area contributed by atoms with Crippen LogP contribution in [0, 0.1) is 11.8 Å². The summed E-state index contributed by atoms with van der Waals surface area (Å²) in [6.45, 7) is 4.89. The van der Waals surface area contributed by atoms with Gasteiger partial charge in [-0.3, -0.25) is 86.3 Å². The second-order valence-corrected chi connectivity index (χ2v) is 28.9. The minimum absolute atomic E-state index is 0.0411. The monoisotopic (exact) mass is 1710 g/mol. The van der Waals surface area contributed by atoms with Gasteiger partial charge in [0.15, 0.2) is 0 Å². The SMILES string of the molecule is CC[C@H](C)[C@H](NC(=O)[C@H](Cc1ccc(O)cc1)NC(=O)CNC(=O)[C@H](C)NC(=O)[C@H](CCCCN)NC(=O)[C@H](Cc1ccccc1)NC(=O)[C@H](CC(N)=O)NC(=O)[C@H](CO)NC(=O)[C@H](CC(N)=O)NC(=O)[C@H](Cc1c[nH]cn1)NC(=O)[C@H](CCC(=O)O)NC(=O)[C@H](CCCCN)NC(=O)[C@H](CC(N)=O)NC(=O)[C@@H](NC(=O)[C@@H](N)CO)C(C)C)C(=O)O. The first kappa shape index (κ1) is 102. The first-order chi connectivity index (χ1) is 57.1. The molecule has 3 rings (SSSR count). The molecule has 0 aliphatic carbocycles. The minimum Gasteiger partial charge on any atom is -0.508 e. The molecule has 1 aromatic heterocycles. The zero-order valence-corrected chi connectivity index (χ0v) is 67.6. The number of unbranched alkanes of at least 4 members (excludes halogenated alkanes) is 2. The van der Waals surface area contributed by atoms with Gasteiger partial charge < -0.3 is 139 Å². The second kappa shape index (κ2) is 52.9. The van der Waals surface area contributed by atoms with Crippen molar-refractivity contribution in [2.45, 2.75) is 216 Å². The zero-order valence-electron chi connectivity index (χ0n) is 67.6. The summed E-state index contributed by atoms with van der Waals surface area (Å²) in [6.07, 6.45) is -2.32. The molecule has 17 amide bonds. The number of hydrogen-bond donors (Lipinski definition) is 26. The Kier molecular flexibility index (Phi) is 44.7. The van der Waals surface area contributed by atoms with Crippen LogP contribution in [0.2, 0.25) is 0 Å². The molecule has 32 N–H and O–H groups in total. The number of phenolic OH excluding ortho intramolecular Hbond substituents is 1. The number of carboxylic acids is 2. The van der Waals surface area contributed by atoms with Gasteiger partial charge >= 0.3 is 11.9 Å². The number of carboxylic acid groups (broad SMARTS) is 2. The number of aromatic amines is 1. The second-order valence-electron chi connectivity index (χ2n) is 28.9. The minimum atomic E-state index is -2.15. The molecule has 0 saturated heterocycles. The fourth-order valence-corrected chi connectivity index (χ4v) is 11.6. The van der Waals surface area contributed by atoms with Gasteiger partial charge in [0.1, 0.15) is 90.3 Å². The molecule has 0 aliphatic heterocycles. The fourth-order valence-electron chi connectivity index (χ4n) is 11.6. The van der Waals surface area contributed by atoms with Gasteiger partial charge in [0.05, 0.1) is 51.0 Å². The van der Waals surface area contributed by atoms with Gasteiger partial charge in [-0.2, -0.15) is 0 Å². The molecule has 0 spiro atoms. The molecule has 668 valence electrons. The number of aromatic nitrogens is 2. The van der Waals surface area contributed by atoms with Crippen LogP contribution in [-0.2, 0) is 110 Å². The third-order valence-electron chi connectivity index (χ3n) is 18.6. The maximum atomic E-state index is 14.5. The third-order valence-corrected chi connectivity index (χ3v) is 18.6. The summed E-state index contributed by atoms with van der Waals surface area (Å²) in [4.78, 5) is 264. The van der Waals surface area contributed by atoms with E-state index in [9.17, 15) is 117 Å². The molecule has 0 saturated carbocycles. The third kappa shape index (κ3) is 37.3. The number of carbonyl (C=O) groups is 19. The zero-order chi connectivity index (χ0) is 90.8. The Morgan fingerprint density at radius 2 is 0.826 bits per heavy atom. The summed E-state index contributed by atoms with van der Waals surface area (Å²) in [5, 5.41) is 82.3. The topological polar surface area (TPSA) is 779 Å². The highest BCUT2D eigenvalue weighted by Crippen LogP contribution is 2.16.